The van der Waals surface area contributed by atoms with E-state index < -0.39 is 22.5 Å². The minimum atomic E-state index is -4.06. The van der Waals surface area contributed by atoms with Gasteiger partial charge in [-0.15, -0.1) is 0 Å². The van der Waals surface area contributed by atoms with Gasteiger partial charge in [-0.1, -0.05) is 66.7 Å². The van der Waals surface area contributed by atoms with E-state index in [1.165, 1.54) is 19.2 Å². The van der Waals surface area contributed by atoms with Crippen LogP contribution in [0, 0.1) is 6.92 Å². The minimum Gasteiger partial charge on any atom is -0.495 e. The second-order valence-electron chi connectivity index (χ2n) is 7.86. The predicted octanol–water partition coefficient (Wildman–Crippen LogP) is 4.50. The molecule has 4 aromatic carbocycles. The summed E-state index contributed by atoms with van der Waals surface area (Å²) < 4.78 is 33.5. The molecule has 0 unspecified atom stereocenters. The summed E-state index contributed by atoms with van der Waals surface area (Å²) in [6.07, 6.45) is 1.55. The number of sulfonamides is 1. The highest BCUT2D eigenvalue weighted by Crippen LogP contribution is 2.33. The number of carbonyl (C=O) groups excluding carboxylic acids is 1. The average Bonchev–Trinajstić information content (AvgIpc) is 2.88. The van der Waals surface area contributed by atoms with Crippen LogP contribution in [0.25, 0.3) is 10.8 Å². The molecule has 0 aliphatic heterocycles. The third-order valence-corrected chi connectivity index (χ3v) is 7.21. The fourth-order valence-corrected chi connectivity index (χ4v) is 5.16. The molecule has 0 heterocycles. The zero-order chi connectivity index (χ0) is 24.8. The predicted molar refractivity (Wildman–Crippen MR) is 138 cm³/mol. The van der Waals surface area contributed by atoms with Crippen molar-refractivity contribution in [3.8, 4) is 5.75 Å². The van der Waals surface area contributed by atoms with Crippen molar-refractivity contribution in [1.82, 2.24) is 5.43 Å². The quantitative estimate of drug-likeness (QED) is 0.293. The van der Waals surface area contributed by atoms with Gasteiger partial charge in [0.05, 0.1) is 23.9 Å². The van der Waals surface area contributed by atoms with Crippen LogP contribution >= 0.6 is 0 Å². The van der Waals surface area contributed by atoms with E-state index in [-0.39, 0.29) is 10.6 Å². The average molecular weight is 488 g/mol. The minimum absolute atomic E-state index is 0.0654. The van der Waals surface area contributed by atoms with Crippen LogP contribution in [0.5, 0.6) is 5.75 Å². The van der Waals surface area contributed by atoms with E-state index in [0.717, 1.165) is 26.2 Å². The number of nitrogens with zero attached hydrogens (tertiary/aromatic N) is 2. The van der Waals surface area contributed by atoms with E-state index in [0.29, 0.717) is 5.75 Å². The molecule has 0 bridgehead atoms. The monoisotopic (exact) mass is 487 g/mol. The fourth-order valence-electron chi connectivity index (χ4n) is 3.72. The highest BCUT2D eigenvalue weighted by molar-refractivity contribution is 7.92. The van der Waals surface area contributed by atoms with Crippen molar-refractivity contribution in [2.24, 2.45) is 5.10 Å². The summed E-state index contributed by atoms with van der Waals surface area (Å²) in [5, 5.41) is 6.12. The van der Waals surface area contributed by atoms with Crippen LogP contribution < -0.4 is 14.5 Å². The Labute approximate surface area is 204 Å². The zero-order valence-corrected chi connectivity index (χ0v) is 20.2. The maximum atomic E-state index is 13.5. The third kappa shape index (κ3) is 5.33. The fraction of sp³-hybridized carbons (Fsp3) is 0.111. The van der Waals surface area contributed by atoms with Crippen molar-refractivity contribution in [3.05, 3.63) is 102 Å². The second kappa shape index (κ2) is 10.4. The van der Waals surface area contributed by atoms with Crippen molar-refractivity contribution in [3.63, 3.8) is 0 Å². The Morgan fingerprint density at radius 1 is 0.971 bits per heavy atom. The van der Waals surface area contributed by atoms with Crippen LogP contribution in [-0.2, 0) is 14.8 Å². The molecule has 7 nitrogen and oxygen atoms in total. The third-order valence-electron chi connectivity index (χ3n) is 5.44. The first-order chi connectivity index (χ1) is 16.9. The standard InChI is InChI=1S/C27H25N3O4S/c1-20-15-16-26(34-2)25(17-20)30(35(32,33)23-12-4-3-5-13-23)19-27(31)29-28-18-22-11-8-10-21-9-6-7-14-24(21)22/h3-18H,19H2,1-2H3,(H,29,31)/b28-18+. The van der Waals surface area contributed by atoms with Gasteiger partial charge in [0.2, 0.25) is 0 Å². The molecular weight excluding hydrogens is 462 g/mol. The summed E-state index contributed by atoms with van der Waals surface area (Å²) in [5.41, 5.74) is 4.38. The molecule has 0 saturated carbocycles. The highest BCUT2D eigenvalue weighted by atomic mass is 32.2. The second-order valence-corrected chi connectivity index (χ2v) is 9.72. The number of ether oxygens (including phenoxy) is 1. The van der Waals surface area contributed by atoms with Crippen molar-refractivity contribution < 1.29 is 17.9 Å². The number of anilines is 1. The van der Waals surface area contributed by atoms with Gasteiger partial charge < -0.3 is 4.74 Å². The number of hydrogen-bond acceptors (Lipinski definition) is 5. The molecule has 4 rings (SSSR count). The number of amides is 1. The molecule has 0 atom stereocenters. The molecule has 0 fully saturated rings. The first-order valence-electron chi connectivity index (χ1n) is 10.9. The number of benzene rings is 4. The van der Waals surface area contributed by atoms with E-state index in [4.69, 9.17) is 4.74 Å². The van der Waals surface area contributed by atoms with Gasteiger partial charge in [-0.2, -0.15) is 5.10 Å². The smallest absolute Gasteiger partial charge is 0.264 e. The van der Waals surface area contributed by atoms with Gasteiger partial charge in [-0.25, -0.2) is 13.8 Å². The van der Waals surface area contributed by atoms with Crippen LogP contribution in [0.2, 0.25) is 0 Å². The SMILES string of the molecule is COc1ccc(C)cc1N(CC(=O)N/N=C/c1cccc2ccccc12)S(=O)(=O)c1ccccc1. The number of aryl methyl sites for hydroxylation is 1. The summed E-state index contributed by atoms with van der Waals surface area (Å²) in [5.74, 6) is -0.258. The Kier molecular flexibility index (Phi) is 7.12. The van der Waals surface area contributed by atoms with Gasteiger partial charge in [-0.05, 0) is 47.5 Å². The van der Waals surface area contributed by atoms with Gasteiger partial charge in [0.1, 0.15) is 12.3 Å². The lowest BCUT2D eigenvalue weighted by molar-refractivity contribution is -0.119. The lowest BCUT2D eigenvalue weighted by atomic mass is 10.1. The maximum Gasteiger partial charge on any atom is 0.264 e. The van der Waals surface area contributed by atoms with Crippen LogP contribution in [0.3, 0.4) is 0 Å². The number of rotatable bonds is 8. The van der Waals surface area contributed by atoms with Crippen molar-refractivity contribution in [1.29, 1.82) is 0 Å². The van der Waals surface area contributed by atoms with E-state index >= 15 is 0 Å². The molecular formula is C27H25N3O4S. The summed E-state index contributed by atoms with van der Waals surface area (Å²) in [6, 6.07) is 26.8. The maximum absolute atomic E-state index is 13.5. The van der Waals surface area contributed by atoms with E-state index in [1.807, 2.05) is 55.5 Å². The number of methoxy groups -OCH3 is 1. The van der Waals surface area contributed by atoms with Gasteiger partial charge in [0.15, 0.2) is 0 Å². The molecule has 8 heteroatoms. The Bertz CT molecular complexity index is 1480. The number of fused-ring (bicyclic) bond motifs is 1. The van der Waals surface area contributed by atoms with Crippen molar-refractivity contribution >= 4 is 38.6 Å². The first-order valence-corrected chi connectivity index (χ1v) is 12.4. The Balaban J connectivity index is 1.63. The molecule has 4 aromatic rings. The summed E-state index contributed by atoms with van der Waals surface area (Å²) >= 11 is 0. The molecule has 0 aliphatic rings. The van der Waals surface area contributed by atoms with Crippen LogP contribution in [0.1, 0.15) is 11.1 Å². The number of carbonyl (C=O) groups is 1. The van der Waals surface area contributed by atoms with Crippen LogP contribution in [-0.4, -0.2) is 34.2 Å². The zero-order valence-electron chi connectivity index (χ0n) is 19.4. The molecule has 0 saturated heterocycles. The van der Waals surface area contributed by atoms with E-state index in [9.17, 15) is 13.2 Å². The van der Waals surface area contributed by atoms with Crippen LogP contribution in [0.4, 0.5) is 5.69 Å². The Hall–Kier alpha value is -4.17. The molecule has 0 aromatic heterocycles. The van der Waals surface area contributed by atoms with Gasteiger partial charge in [-0.3, -0.25) is 9.10 Å². The van der Waals surface area contributed by atoms with Crippen molar-refractivity contribution in [2.75, 3.05) is 18.0 Å². The molecule has 1 amide bonds. The molecule has 178 valence electrons. The Morgan fingerprint density at radius 2 is 1.69 bits per heavy atom. The number of hydrogen-bond donors (Lipinski definition) is 1. The Morgan fingerprint density at radius 3 is 2.46 bits per heavy atom. The topological polar surface area (TPSA) is 88.1 Å². The number of nitrogens with one attached hydrogen (secondary N) is 1. The summed E-state index contributed by atoms with van der Waals surface area (Å²) in [4.78, 5) is 12.9. The van der Waals surface area contributed by atoms with E-state index in [1.54, 1.807) is 36.5 Å². The molecule has 35 heavy (non-hydrogen) atoms. The lowest BCUT2D eigenvalue weighted by Crippen LogP contribution is -2.39. The normalized spacial score (nSPS) is 11.5. The lowest BCUT2D eigenvalue weighted by Gasteiger charge is -2.25. The van der Waals surface area contributed by atoms with Gasteiger partial charge in [0.25, 0.3) is 15.9 Å². The van der Waals surface area contributed by atoms with Crippen LogP contribution in [0.15, 0.2) is 101 Å². The first kappa shape index (κ1) is 24.0. The van der Waals surface area contributed by atoms with Gasteiger partial charge >= 0.3 is 0 Å². The van der Waals surface area contributed by atoms with Crippen molar-refractivity contribution in [2.45, 2.75) is 11.8 Å². The molecule has 0 radical (unpaired) electrons. The number of hydrazone groups is 1. The summed E-state index contributed by atoms with van der Waals surface area (Å²) in [7, 11) is -2.61. The molecule has 1 N–H and O–H groups in total. The van der Waals surface area contributed by atoms with Gasteiger partial charge in [0, 0.05) is 5.56 Å². The highest BCUT2D eigenvalue weighted by Gasteiger charge is 2.29. The summed E-state index contributed by atoms with van der Waals surface area (Å²) in [6.45, 7) is 1.36. The largest absolute Gasteiger partial charge is 0.495 e. The molecule has 0 aliphatic carbocycles. The van der Waals surface area contributed by atoms with E-state index in [2.05, 4.69) is 10.5 Å². The molecule has 0 spiro atoms.